The highest BCUT2D eigenvalue weighted by molar-refractivity contribution is 9.13. The van der Waals surface area contributed by atoms with Gasteiger partial charge in [0.2, 0.25) is 0 Å². The summed E-state index contributed by atoms with van der Waals surface area (Å²) in [5.41, 5.74) is 1.49. The number of nitrogens with one attached hydrogen (secondary N) is 2. The number of ketones is 1. The predicted molar refractivity (Wildman–Crippen MR) is 126 cm³/mol. The van der Waals surface area contributed by atoms with Crippen LogP contribution in [0.3, 0.4) is 0 Å². The standard InChI is InChI=1S/C21H21Br2FN2O3S/c1-28-16-10-14(17(22)18(23)20(16)29-2)13-4-3-5-15(19(13)27)26-21(30)25-12-8-6-11(24)7-9-12/h6-10,13,15H,3-5H2,1-2H3,(H2,25,26,30). The van der Waals surface area contributed by atoms with Crippen molar-refractivity contribution in [3.05, 3.63) is 50.7 Å². The van der Waals surface area contributed by atoms with Crippen molar-refractivity contribution in [3.63, 3.8) is 0 Å². The minimum Gasteiger partial charge on any atom is -0.493 e. The Morgan fingerprint density at radius 2 is 1.83 bits per heavy atom. The Morgan fingerprint density at radius 1 is 1.13 bits per heavy atom. The number of halogens is 3. The molecule has 2 unspecified atom stereocenters. The van der Waals surface area contributed by atoms with Crippen LogP contribution in [0, 0.1) is 5.82 Å². The lowest BCUT2D eigenvalue weighted by Gasteiger charge is -2.30. The molecule has 30 heavy (non-hydrogen) atoms. The Bertz CT molecular complexity index is 956. The smallest absolute Gasteiger partial charge is 0.176 e. The number of rotatable bonds is 5. The van der Waals surface area contributed by atoms with Gasteiger partial charge in [-0.3, -0.25) is 4.79 Å². The molecule has 2 aromatic rings. The maximum Gasteiger partial charge on any atom is 0.176 e. The van der Waals surface area contributed by atoms with Crippen LogP contribution >= 0.6 is 44.1 Å². The van der Waals surface area contributed by atoms with Gasteiger partial charge in [0, 0.05) is 16.1 Å². The maximum absolute atomic E-state index is 13.3. The second-order valence-electron chi connectivity index (χ2n) is 6.87. The van der Waals surface area contributed by atoms with Crippen molar-refractivity contribution < 1.29 is 18.7 Å². The van der Waals surface area contributed by atoms with Crippen molar-refractivity contribution in [2.75, 3.05) is 19.5 Å². The number of benzene rings is 2. The Hall–Kier alpha value is -1.71. The van der Waals surface area contributed by atoms with Crippen molar-refractivity contribution >= 4 is 60.7 Å². The molecule has 0 saturated heterocycles. The predicted octanol–water partition coefficient (Wildman–Crippen LogP) is 5.56. The van der Waals surface area contributed by atoms with Crippen LogP contribution in [0.1, 0.15) is 30.7 Å². The van der Waals surface area contributed by atoms with Crippen LogP contribution in [0.25, 0.3) is 0 Å². The molecule has 5 nitrogen and oxygen atoms in total. The van der Waals surface area contributed by atoms with E-state index in [9.17, 15) is 9.18 Å². The fraction of sp³-hybridized carbons (Fsp3) is 0.333. The van der Waals surface area contributed by atoms with E-state index in [0.717, 1.165) is 22.9 Å². The summed E-state index contributed by atoms with van der Waals surface area (Å²) < 4.78 is 25.4. The summed E-state index contributed by atoms with van der Waals surface area (Å²) in [5, 5.41) is 6.43. The molecule has 160 valence electrons. The van der Waals surface area contributed by atoms with Gasteiger partial charge in [-0.15, -0.1) is 0 Å². The number of Topliss-reactive ketones (excluding diaryl/α,β-unsaturated/α-hetero) is 1. The topological polar surface area (TPSA) is 59.6 Å². The number of carbonyl (C=O) groups is 1. The quantitative estimate of drug-likeness (QED) is 0.468. The highest BCUT2D eigenvalue weighted by Gasteiger charge is 2.35. The Labute approximate surface area is 197 Å². The van der Waals surface area contributed by atoms with Gasteiger partial charge in [0.1, 0.15) is 5.82 Å². The summed E-state index contributed by atoms with van der Waals surface area (Å²) in [6.45, 7) is 0. The molecule has 1 aliphatic rings. The molecule has 0 bridgehead atoms. The third-order valence-corrected chi connectivity index (χ3v) is 7.40. The fourth-order valence-corrected chi connectivity index (χ4v) is 4.98. The van der Waals surface area contributed by atoms with Crippen LogP contribution in [-0.2, 0) is 4.79 Å². The van der Waals surface area contributed by atoms with Crippen LogP contribution in [0.5, 0.6) is 11.5 Å². The first-order valence-corrected chi connectivity index (χ1v) is 11.3. The lowest BCUT2D eigenvalue weighted by atomic mass is 9.80. The zero-order valence-corrected chi connectivity index (χ0v) is 20.4. The summed E-state index contributed by atoms with van der Waals surface area (Å²) in [5.74, 6) is 0.547. The molecule has 2 N–H and O–H groups in total. The lowest BCUT2D eigenvalue weighted by molar-refractivity contribution is -0.123. The van der Waals surface area contributed by atoms with E-state index in [1.165, 1.54) is 12.1 Å². The molecular formula is C21H21Br2FN2O3S. The van der Waals surface area contributed by atoms with E-state index in [4.69, 9.17) is 21.7 Å². The average Bonchev–Trinajstić information content (AvgIpc) is 2.73. The zero-order chi connectivity index (χ0) is 21.8. The van der Waals surface area contributed by atoms with Gasteiger partial charge in [0.15, 0.2) is 22.4 Å². The van der Waals surface area contributed by atoms with E-state index >= 15 is 0 Å². The molecular weight excluding hydrogens is 539 g/mol. The molecule has 1 saturated carbocycles. The van der Waals surface area contributed by atoms with Crippen molar-refractivity contribution in [3.8, 4) is 11.5 Å². The second-order valence-corrected chi connectivity index (χ2v) is 8.87. The highest BCUT2D eigenvalue weighted by Crippen LogP contribution is 2.46. The molecule has 9 heteroatoms. The minimum atomic E-state index is -0.414. The van der Waals surface area contributed by atoms with Crippen LogP contribution in [-0.4, -0.2) is 31.2 Å². The molecule has 0 radical (unpaired) electrons. The third-order valence-electron chi connectivity index (χ3n) is 5.04. The average molecular weight is 560 g/mol. The van der Waals surface area contributed by atoms with Crippen LogP contribution in [0.2, 0.25) is 0 Å². The van der Waals surface area contributed by atoms with Crippen LogP contribution in [0.15, 0.2) is 39.3 Å². The molecule has 0 aliphatic heterocycles. The molecule has 2 atom stereocenters. The number of hydrogen-bond donors (Lipinski definition) is 2. The first kappa shape index (κ1) is 23.0. The Kier molecular flexibility index (Phi) is 7.70. The Morgan fingerprint density at radius 3 is 2.47 bits per heavy atom. The van der Waals surface area contributed by atoms with E-state index in [1.807, 2.05) is 6.07 Å². The number of carbonyl (C=O) groups excluding carboxylic acids is 1. The summed E-state index contributed by atoms with van der Waals surface area (Å²) in [6, 6.07) is 7.30. The van der Waals surface area contributed by atoms with Gasteiger partial charge in [-0.05, 0) is 99.2 Å². The van der Waals surface area contributed by atoms with Gasteiger partial charge in [-0.25, -0.2) is 4.39 Å². The SMILES string of the molecule is COc1cc(C2CCCC(NC(=S)Nc3ccc(F)cc3)C2=O)c(Br)c(Br)c1OC. The number of hydrogen-bond acceptors (Lipinski definition) is 4. The zero-order valence-electron chi connectivity index (χ0n) is 16.4. The normalized spacial score (nSPS) is 18.6. The van der Waals surface area contributed by atoms with Crippen LogP contribution < -0.4 is 20.1 Å². The monoisotopic (exact) mass is 558 g/mol. The maximum atomic E-state index is 13.3. The second kappa shape index (κ2) is 10.1. The molecule has 0 heterocycles. The van der Waals surface area contributed by atoms with E-state index in [-0.39, 0.29) is 17.5 Å². The molecule has 1 fully saturated rings. The number of ether oxygens (including phenoxy) is 2. The number of methoxy groups -OCH3 is 2. The number of anilines is 1. The number of thiocarbonyl (C=S) groups is 1. The molecule has 1 aliphatic carbocycles. The first-order valence-electron chi connectivity index (χ1n) is 9.32. The van der Waals surface area contributed by atoms with Gasteiger partial charge < -0.3 is 20.1 Å². The third kappa shape index (κ3) is 4.95. The van der Waals surface area contributed by atoms with Gasteiger partial charge in [0.25, 0.3) is 0 Å². The van der Waals surface area contributed by atoms with E-state index in [0.29, 0.717) is 33.2 Å². The van der Waals surface area contributed by atoms with Gasteiger partial charge >= 0.3 is 0 Å². The molecule has 3 rings (SSSR count). The van der Waals surface area contributed by atoms with E-state index < -0.39 is 6.04 Å². The summed E-state index contributed by atoms with van der Waals surface area (Å²) in [4.78, 5) is 13.3. The fourth-order valence-electron chi connectivity index (χ4n) is 3.56. The van der Waals surface area contributed by atoms with E-state index in [2.05, 4.69) is 42.5 Å². The van der Waals surface area contributed by atoms with Gasteiger partial charge in [-0.1, -0.05) is 0 Å². The van der Waals surface area contributed by atoms with E-state index in [1.54, 1.807) is 26.4 Å². The van der Waals surface area contributed by atoms with Gasteiger partial charge in [0.05, 0.1) is 24.7 Å². The van der Waals surface area contributed by atoms with Gasteiger partial charge in [-0.2, -0.15) is 0 Å². The molecule has 2 aromatic carbocycles. The van der Waals surface area contributed by atoms with Crippen molar-refractivity contribution in [1.29, 1.82) is 0 Å². The molecule has 0 amide bonds. The molecule has 0 spiro atoms. The summed E-state index contributed by atoms with van der Waals surface area (Å²) in [6.07, 6.45) is 2.29. The first-order chi connectivity index (χ1) is 14.3. The summed E-state index contributed by atoms with van der Waals surface area (Å²) in [7, 11) is 3.13. The highest BCUT2D eigenvalue weighted by atomic mass is 79.9. The Balaban J connectivity index is 1.77. The minimum absolute atomic E-state index is 0.0596. The largest absolute Gasteiger partial charge is 0.493 e. The van der Waals surface area contributed by atoms with Crippen LogP contribution in [0.4, 0.5) is 10.1 Å². The van der Waals surface area contributed by atoms with Crippen molar-refractivity contribution in [2.24, 2.45) is 0 Å². The van der Waals surface area contributed by atoms with Crippen molar-refractivity contribution in [2.45, 2.75) is 31.2 Å². The van der Waals surface area contributed by atoms with Crippen molar-refractivity contribution in [1.82, 2.24) is 5.32 Å². The molecule has 0 aromatic heterocycles. The summed E-state index contributed by atoms with van der Waals surface area (Å²) >= 11 is 12.5. The lowest BCUT2D eigenvalue weighted by Crippen LogP contribution is -2.46.